The number of urea groups is 1. The van der Waals surface area contributed by atoms with Crippen molar-refractivity contribution in [1.29, 1.82) is 0 Å². The highest BCUT2D eigenvalue weighted by atomic mass is 16.2. The van der Waals surface area contributed by atoms with Crippen LogP contribution in [0, 0.1) is 11.3 Å². The van der Waals surface area contributed by atoms with E-state index in [4.69, 9.17) is 0 Å². The first-order valence-electron chi connectivity index (χ1n) is 9.29. The molecule has 1 aromatic rings. The molecule has 2 amide bonds. The molecule has 1 spiro atoms. The molecule has 1 atom stereocenters. The molecule has 3 fully saturated rings. The van der Waals surface area contributed by atoms with Crippen molar-refractivity contribution < 1.29 is 4.79 Å². The lowest BCUT2D eigenvalue weighted by atomic mass is 9.85. The lowest BCUT2D eigenvalue weighted by molar-refractivity contribution is 0.235. The van der Waals surface area contributed by atoms with Crippen LogP contribution in [0.15, 0.2) is 12.4 Å². The molecule has 0 aliphatic heterocycles. The first-order chi connectivity index (χ1) is 11.2. The summed E-state index contributed by atoms with van der Waals surface area (Å²) in [5, 5.41) is 10.6. The van der Waals surface area contributed by atoms with Gasteiger partial charge in [0.05, 0.1) is 6.20 Å². The van der Waals surface area contributed by atoms with Crippen LogP contribution in [0.1, 0.15) is 63.4 Å². The topological polar surface area (TPSA) is 59.0 Å². The van der Waals surface area contributed by atoms with Gasteiger partial charge >= 0.3 is 6.03 Å². The fraction of sp³-hybridized carbons (Fsp3) is 0.778. The van der Waals surface area contributed by atoms with E-state index in [1.54, 1.807) is 0 Å². The van der Waals surface area contributed by atoms with Gasteiger partial charge in [-0.3, -0.25) is 4.68 Å². The molecule has 1 heterocycles. The van der Waals surface area contributed by atoms with E-state index in [-0.39, 0.29) is 6.03 Å². The fourth-order valence-electron chi connectivity index (χ4n) is 4.29. The summed E-state index contributed by atoms with van der Waals surface area (Å²) in [7, 11) is 0. The number of nitrogens with zero attached hydrogens (tertiary/aromatic N) is 2. The van der Waals surface area contributed by atoms with Crippen LogP contribution in [-0.2, 0) is 13.1 Å². The molecule has 23 heavy (non-hydrogen) atoms. The Labute approximate surface area is 138 Å². The molecule has 2 N–H and O–H groups in total. The lowest BCUT2D eigenvalue weighted by Crippen LogP contribution is -2.38. The summed E-state index contributed by atoms with van der Waals surface area (Å²) in [5.41, 5.74) is 1.53. The van der Waals surface area contributed by atoms with E-state index in [1.165, 1.54) is 57.8 Å². The van der Waals surface area contributed by atoms with E-state index in [1.807, 2.05) is 10.9 Å². The Morgan fingerprint density at radius 3 is 2.83 bits per heavy atom. The van der Waals surface area contributed by atoms with Crippen molar-refractivity contribution >= 4 is 6.03 Å². The fourth-order valence-corrected chi connectivity index (χ4v) is 4.29. The van der Waals surface area contributed by atoms with Gasteiger partial charge in [-0.2, -0.15) is 5.10 Å². The zero-order valence-electron chi connectivity index (χ0n) is 13.9. The van der Waals surface area contributed by atoms with Gasteiger partial charge in [0.25, 0.3) is 0 Å². The SMILES string of the molecule is O=C(NCc1cnn(CC2CCC2)c1)NC1CC12CCCCC2. The Morgan fingerprint density at radius 2 is 2.09 bits per heavy atom. The van der Waals surface area contributed by atoms with Crippen molar-refractivity contribution in [3.63, 3.8) is 0 Å². The highest BCUT2D eigenvalue weighted by molar-refractivity contribution is 5.74. The molecule has 1 unspecified atom stereocenters. The number of nitrogens with one attached hydrogen (secondary N) is 2. The third-order valence-corrected chi connectivity index (χ3v) is 6.15. The maximum absolute atomic E-state index is 12.1. The maximum atomic E-state index is 12.1. The van der Waals surface area contributed by atoms with E-state index in [0.29, 0.717) is 18.0 Å². The predicted octanol–water partition coefficient (Wildman–Crippen LogP) is 3.21. The van der Waals surface area contributed by atoms with Crippen LogP contribution < -0.4 is 10.6 Å². The Hall–Kier alpha value is -1.52. The second-order valence-corrected chi connectivity index (χ2v) is 7.87. The van der Waals surface area contributed by atoms with Crippen molar-refractivity contribution in [3.8, 4) is 0 Å². The predicted molar refractivity (Wildman–Crippen MR) is 88.9 cm³/mol. The number of carbonyl (C=O) groups is 1. The van der Waals surface area contributed by atoms with Crippen LogP contribution in [0.5, 0.6) is 0 Å². The van der Waals surface area contributed by atoms with E-state index in [2.05, 4.69) is 21.9 Å². The second-order valence-electron chi connectivity index (χ2n) is 7.87. The molecule has 0 radical (unpaired) electrons. The van der Waals surface area contributed by atoms with Crippen LogP contribution in [-0.4, -0.2) is 21.9 Å². The summed E-state index contributed by atoms with van der Waals surface area (Å²) in [6.45, 7) is 1.59. The number of aromatic nitrogens is 2. The van der Waals surface area contributed by atoms with Gasteiger partial charge in [-0.25, -0.2) is 4.79 Å². The minimum Gasteiger partial charge on any atom is -0.335 e. The normalized spacial score (nSPS) is 25.8. The van der Waals surface area contributed by atoms with E-state index in [9.17, 15) is 4.79 Å². The zero-order valence-corrected chi connectivity index (χ0v) is 13.9. The quantitative estimate of drug-likeness (QED) is 0.876. The molecular formula is C18H28N4O. The second kappa shape index (κ2) is 6.17. The molecule has 0 bridgehead atoms. The standard InChI is InChI=1S/C18H28N4O/c23-17(21-16-9-18(16)7-2-1-3-8-18)19-10-15-11-20-22(13-15)12-14-5-4-6-14/h11,13-14,16H,1-10,12H2,(H2,19,21,23). The van der Waals surface area contributed by atoms with Gasteiger partial charge in [-0.1, -0.05) is 25.7 Å². The average Bonchev–Trinajstić information content (AvgIpc) is 2.96. The van der Waals surface area contributed by atoms with Crippen molar-refractivity contribution in [2.45, 2.75) is 76.9 Å². The number of hydrogen-bond donors (Lipinski definition) is 2. The Bertz CT molecular complexity index is 557. The molecule has 3 aliphatic carbocycles. The van der Waals surface area contributed by atoms with Crippen LogP contribution in [0.25, 0.3) is 0 Å². The highest BCUT2D eigenvalue weighted by Gasteiger charge is 2.54. The molecule has 3 saturated carbocycles. The van der Waals surface area contributed by atoms with E-state index >= 15 is 0 Å². The number of hydrogen-bond acceptors (Lipinski definition) is 2. The minimum atomic E-state index is -0.0239. The number of amides is 2. The molecule has 5 heteroatoms. The Kier molecular flexibility index (Phi) is 4.04. The van der Waals surface area contributed by atoms with Gasteiger partial charge in [0.15, 0.2) is 0 Å². The zero-order chi connectivity index (χ0) is 15.7. The van der Waals surface area contributed by atoms with Crippen LogP contribution in [0.2, 0.25) is 0 Å². The maximum Gasteiger partial charge on any atom is 0.315 e. The van der Waals surface area contributed by atoms with E-state index < -0.39 is 0 Å². The van der Waals surface area contributed by atoms with Crippen LogP contribution in [0.3, 0.4) is 0 Å². The molecule has 0 saturated heterocycles. The van der Waals surface area contributed by atoms with Crippen molar-refractivity contribution in [2.24, 2.45) is 11.3 Å². The monoisotopic (exact) mass is 316 g/mol. The minimum absolute atomic E-state index is 0.0239. The smallest absolute Gasteiger partial charge is 0.315 e. The first-order valence-corrected chi connectivity index (χ1v) is 9.29. The third kappa shape index (κ3) is 3.38. The van der Waals surface area contributed by atoms with Crippen molar-refractivity contribution in [3.05, 3.63) is 18.0 Å². The van der Waals surface area contributed by atoms with Gasteiger partial charge in [0, 0.05) is 30.9 Å². The summed E-state index contributed by atoms with van der Waals surface area (Å²) < 4.78 is 2.02. The summed E-state index contributed by atoms with van der Waals surface area (Å²) >= 11 is 0. The van der Waals surface area contributed by atoms with E-state index in [0.717, 1.165) is 18.0 Å². The number of rotatable bonds is 5. The molecule has 126 valence electrons. The van der Waals surface area contributed by atoms with Crippen LogP contribution >= 0.6 is 0 Å². The van der Waals surface area contributed by atoms with Gasteiger partial charge < -0.3 is 10.6 Å². The molecule has 5 nitrogen and oxygen atoms in total. The summed E-state index contributed by atoms with van der Waals surface area (Å²) in [6.07, 6.45) is 15.8. The highest BCUT2D eigenvalue weighted by Crippen LogP contribution is 2.56. The first kappa shape index (κ1) is 15.0. The van der Waals surface area contributed by atoms with Gasteiger partial charge in [-0.15, -0.1) is 0 Å². The van der Waals surface area contributed by atoms with Crippen molar-refractivity contribution in [2.75, 3.05) is 0 Å². The Balaban J connectivity index is 1.19. The molecule has 4 rings (SSSR count). The lowest BCUT2D eigenvalue weighted by Gasteiger charge is -2.24. The summed E-state index contributed by atoms with van der Waals surface area (Å²) in [5.74, 6) is 0.806. The van der Waals surface area contributed by atoms with Crippen LogP contribution in [0.4, 0.5) is 4.79 Å². The summed E-state index contributed by atoms with van der Waals surface area (Å²) in [6, 6.07) is 0.383. The third-order valence-electron chi connectivity index (χ3n) is 6.15. The average molecular weight is 316 g/mol. The Morgan fingerprint density at radius 1 is 1.26 bits per heavy atom. The van der Waals surface area contributed by atoms with Gasteiger partial charge in [-0.05, 0) is 43.4 Å². The largest absolute Gasteiger partial charge is 0.335 e. The molecule has 0 aromatic carbocycles. The molecule has 3 aliphatic rings. The van der Waals surface area contributed by atoms with Crippen molar-refractivity contribution in [1.82, 2.24) is 20.4 Å². The number of carbonyl (C=O) groups excluding carboxylic acids is 1. The molecular weight excluding hydrogens is 288 g/mol. The molecule has 1 aromatic heterocycles. The van der Waals surface area contributed by atoms with Gasteiger partial charge in [0.2, 0.25) is 0 Å². The summed E-state index contributed by atoms with van der Waals surface area (Å²) in [4.78, 5) is 12.1. The van der Waals surface area contributed by atoms with Gasteiger partial charge in [0.1, 0.15) is 0 Å².